The van der Waals surface area contributed by atoms with E-state index in [1.165, 1.54) is 186 Å². The summed E-state index contributed by atoms with van der Waals surface area (Å²) in [6.45, 7) is 23.9. The summed E-state index contributed by atoms with van der Waals surface area (Å²) in [5.74, 6) is 0. The molecular formula is C112H86N2S. The van der Waals surface area contributed by atoms with Crippen LogP contribution in [0.1, 0.15) is 111 Å². The second-order valence-electron chi connectivity index (χ2n) is 34.8. The first kappa shape index (κ1) is 68.8. The van der Waals surface area contributed by atoms with E-state index in [1.54, 1.807) is 0 Å². The van der Waals surface area contributed by atoms with Crippen molar-refractivity contribution in [3.8, 4) is 100 Å². The number of rotatable bonds is 11. The monoisotopic (exact) mass is 1490 g/mol. The molecule has 3 heteroatoms. The molecule has 0 saturated heterocycles. The molecule has 1 heterocycles. The molecule has 0 amide bonds. The van der Waals surface area contributed by atoms with Crippen LogP contribution in [0.5, 0.6) is 0 Å². The third kappa shape index (κ3) is 10.3. The van der Waals surface area contributed by atoms with Crippen molar-refractivity contribution in [3.05, 3.63) is 395 Å². The summed E-state index contributed by atoms with van der Waals surface area (Å²) in [4.78, 5) is 5.15. The van der Waals surface area contributed by atoms with Gasteiger partial charge in [0.1, 0.15) is 0 Å². The number of aryl methyl sites for hydroxylation is 2. The van der Waals surface area contributed by atoms with Gasteiger partial charge < -0.3 is 9.80 Å². The first-order chi connectivity index (χ1) is 55.9. The van der Waals surface area contributed by atoms with E-state index >= 15 is 0 Å². The van der Waals surface area contributed by atoms with E-state index in [2.05, 4.69) is 419 Å². The van der Waals surface area contributed by atoms with Crippen molar-refractivity contribution in [2.75, 3.05) is 9.80 Å². The Hall–Kier alpha value is -12.9. The molecule has 0 spiro atoms. The molecule has 0 unspecified atom stereocenters. The molecule has 22 rings (SSSR count). The van der Waals surface area contributed by atoms with Gasteiger partial charge in [-0.3, -0.25) is 0 Å². The van der Waals surface area contributed by atoms with Crippen LogP contribution in [-0.2, 0) is 21.7 Å². The first-order valence-corrected chi connectivity index (χ1v) is 41.6. The normalized spacial score (nSPS) is 14.5. The highest BCUT2D eigenvalue weighted by atomic mass is 32.1. The summed E-state index contributed by atoms with van der Waals surface area (Å²) in [7, 11) is 0. The van der Waals surface area contributed by atoms with E-state index < -0.39 is 0 Å². The fourth-order valence-electron chi connectivity index (χ4n) is 21.0. The molecule has 0 N–H and O–H groups in total. The average Bonchev–Trinajstić information content (AvgIpc) is 1.59. The summed E-state index contributed by atoms with van der Waals surface area (Å²) >= 11 is 1.91. The van der Waals surface area contributed by atoms with Crippen molar-refractivity contribution in [3.63, 3.8) is 0 Å². The van der Waals surface area contributed by atoms with Gasteiger partial charge in [-0.15, -0.1) is 11.3 Å². The fourth-order valence-corrected chi connectivity index (χ4v) is 22.2. The highest BCUT2D eigenvalue weighted by Crippen LogP contribution is 2.59. The van der Waals surface area contributed by atoms with Crippen LogP contribution in [0, 0.1) is 13.8 Å². The molecule has 4 aliphatic rings. The van der Waals surface area contributed by atoms with Crippen molar-refractivity contribution in [1.29, 1.82) is 0 Å². The molecule has 0 saturated carbocycles. The van der Waals surface area contributed by atoms with Gasteiger partial charge in [-0.25, -0.2) is 0 Å². The van der Waals surface area contributed by atoms with Gasteiger partial charge in [0, 0.05) is 81.3 Å². The fraction of sp³-hybridized carbons (Fsp3) is 0.125. The predicted molar refractivity (Wildman–Crippen MR) is 491 cm³/mol. The minimum atomic E-state index is -0.381. The zero-order chi connectivity index (χ0) is 77.7. The Morgan fingerprint density at radius 1 is 0.217 bits per heavy atom. The maximum absolute atomic E-state index is 2.58. The summed E-state index contributed by atoms with van der Waals surface area (Å²) in [6.07, 6.45) is 0. The van der Waals surface area contributed by atoms with Gasteiger partial charge in [-0.05, 0) is 278 Å². The SMILES string of the molecule is Cc1cccc(C)c1-c1cc(-c2cc(-c3ccc4c(c3)C(C)(C)c3cc(N(c5ccc6c(c5)C(C)(C)c5ccccc5-6)c5ccc(-c6cc7ccccc7c7ccccc67)cc5-c5ccccc5)ccc3-4)cc3c2sc2ccccc23)ccc1N(c1ccc2c(c1)C(C)(C)c1ccccc1-2)c1ccc2c(c1)C(C)(C)c1ccccc1-2. The molecule has 18 aromatic rings. The average molecular weight is 1490 g/mol. The minimum absolute atomic E-state index is 0.200. The molecule has 550 valence electrons. The summed E-state index contributed by atoms with van der Waals surface area (Å²) in [5.41, 5.74) is 41.5. The van der Waals surface area contributed by atoms with Gasteiger partial charge in [-0.1, -0.05) is 292 Å². The van der Waals surface area contributed by atoms with Gasteiger partial charge >= 0.3 is 0 Å². The Labute approximate surface area is 678 Å². The van der Waals surface area contributed by atoms with Gasteiger partial charge in [0.15, 0.2) is 0 Å². The lowest BCUT2D eigenvalue weighted by molar-refractivity contribution is 0.659. The van der Waals surface area contributed by atoms with Crippen LogP contribution in [0.3, 0.4) is 0 Å². The predicted octanol–water partition coefficient (Wildman–Crippen LogP) is 31.5. The summed E-state index contributed by atoms with van der Waals surface area (Å²) < 4.78 is 2.57. The van der Waals surface area contributed by atoms with Crippen molar-refractivity contribution in [2.24, 2.45) is 0 Å². The zero-order valence-electron chi connectivity index (χ0n) is 66.6. The first-order valence-electron chi connectivity index (χ1n) is 40.8. The van der Waals surface area contributed by atoms with E-state index in [9.17, 15) is 0 Å². The lowest BCUT2D eigenvalue weighted by Crippen LogP contribution is -2.18. The number of benzene rings is 17. The van der Waals surface area contributed by atoms with Crippen LogP contribution >= 0.6 is 11.3 Å². The molecule has 1 aromatic heterocycles. The minimum Gasteiger partial charge on any atom is -0.310 e. The molecule has 4 aliphatic carbocycles. The Bertz CT molecular complexity index is 7070. The summed E-state index contributed by atoms with van der Waals surface area (Å²) in [5, 5.41) is 7.56. The largest absolute Gasteiger partial charge is 0.310 e. The Morgan fingerprint density at radius 2 is 0.609 bits per heavy atom. The lowest BCUT2D eigenvalue weighted by Gasteiger charge is -2.32. The molecule has 17 aromatic carbocycles. The molecule has 2 nitrogen and oxygen atoms in total. The van der Waals surface area contributed by atoms with E-state index in [0.717, 1.165) is 45.3 Å². The molecule has 0 radical (unpaired) electrons. The quantitative estimate of drug-likeness (QED) is 0.119. The van der Waals surface area contributed by atoms with Crippen molar-refractivity contribution in [2.45, 2.75) is 90.9 Å². The van der Waals surface area contributed by atoms with Crippen LogP contribution in [0.15, 0.2) is 340 Å². The van der Waals surface area contributed by atoms with Gasteiger partial charge in [0.2, 0.25) is 0 Å². The molecule has 0 bridgehead atoms. The topological polar surface area (TPSA) is 6.48 Å². The second kappa shape index (κ2) is 25.3. The van der Waals surface area contributed by atoms with Crippen LogP contribution in [0.2, 0.25) is 0 Å². The van der Waals surface area contributed by atoms with E-state index in [1.807, 2.05) is 11.3 Å². The number of nitrogens with zero attached hydrogens (tertiary/aromatic N) is 2. The maximum Gasteiger partial charge on any atom is 0.0540 e. The second-order valence-corrected chi connectivity index (χ2v) is 35.8. The molecule has 0 atom stereocenters. The van der Waals surface area contributed by atoms with Gasteiger partial charge in [0.05, 0.1) is 11.4 Å². The highest BCUT2D eigenvalue weighted by molar-refractivity contribution is 7.26. The van der Waals surface area contributed by atoms with Crippen LogP contribution < -0.4 is 9.80 Å². The third-order valence-electron chi connectivity index (χ3n) is 26.9. The number of anilines is 6. The number of thiophene rings is 1. The molecule has 115 heavy (non-hydrogen) atoms. The van der Waals surface area contributed by atoms with E-state index in [0.29, 0.717) is 0 Å². The standard InChI is InChI=1S/C112H86N2S/c1-67-27-26-28-68(2)107(67)95-59-73(45-56-105(95)114(77-47-52-87-83-36-19-23-40-97(83)110(5,6)101(87)64-77)78-48-53-88-84-37-20-24-41-98(84)111(7,8)102(88)65-78)93-60-74(61-94-90-38-21-25-42-106(90)115-108(93)94)70-43-50-85-89-54-49-76(66-103(89)112(9,10)99(85)62-70)113(75-46-51-86-82-35-18-22-39-96(82)109(3,4)100(86)63-75)104-55-44-72(58-92(104)69-29-12-11-13-30-69)91-57-71-31-14-15-32-79(71)80-33-16-17-34-81(80)91/h11-66H,1-10H3. The molecule has 0 fully saturated rings. The smallest absolute Gasteiger partial charge is 0.0540 e. The van der Waals surface area contributed by atoms with E-state index in [4.69, 9.17) is 0 Å². The zero-order valence-corrected chi connectivity index (χ0v) is 67.5. The Morgan fingerprint density at radius 3 is 1.15 bits per heavy atom. The van der Waals surface area contributed by atoms with E-state index in [-0.39, 0.29) is 21.7 Å². The Kier molecular flexibility index (Phi) is 15.1. The number of hydrogen-bond donors (Lipinski definition) is 0. The van der Waals surface area contributed by atoms with Crippen molar-refractivity contribution < 1.29 is 0 Å². The molecular weight excluding hydrogens is 1410 g/mol. The van der Waals surface area contributed by atoms with Crippen molar-refractivity contribution >= 4 is 87.2 Å². The van der Waals surface area contributed by atoms with Gasteiger partial charge in [-0.2, -0.15) is 0 Å². The lowest BCUT2D eigenvalue weighted by atomic mass is 9.81. The van der Waals surface area contributed by atoms with Crippen LogP contribution in [0.4, 0.5) is 34.1 Å². The highest BCUT2D eigenvalue weighted by Gasteiger charge is 2.42. The Balaban J connectivity index is 0.697. The van der Waals surface area contributed by atoms with Gasteiger partial charge in [0.25, 0.3) is 0 Å². The number of hydrogen-bond acceptors (Lipinski definition) is 3. The van der Waals surface area contributed by atoms with Crippen LogP contribution in [-0.4, -0.2) is 0 Å². The van der Waals surface area contributed by atoms with Crippen molar-refractivity contribution in [1.82, 2.24) is 0 Å². The number of fused-ring (bicyclic) bond motifs is 18. The third-order valence-corrected chi connectivity index (χ3v) is 28.1. The molecule has 0 aliphatic heterocycles. The summed E-state index contributed by atoms with van der Waals surface area (Å²) in [6, 6.07) is 130. The van der Waals surface area contributed by atoms with Crippen LogP contribution in [0.25, 0.3) is 142 Å². The maximum atomic E-state index is 2.58.